The number of rotatable bonds is 12. The van der Waals surface area contributed by atoms with Crippen LogP contribution in [0.2, 0.25) is 0 Å². The Morgan fingerprint density at radius 1 is 1.37 bits per heavy atom. The van der Waals surface area contributed by atoms with Crippen molar-refractivity contribution in [2.75, 3.05) is 11.9 Å². The van der Waals surface area contributed by atoms with Crippen molar-refractivity contribution in [1.29, 1.82) is 0 Å². The molecule has 2 unspecified atom stereocenters. The number of nitrogens with one attached hydrogen (secondary N) is 1. The van der Waals surface area contributed by atoms with E-state index in [1.165, 1.54) is 6.07 Å². The molecule has 27 heavy (non-hydrogen) atoms. The highest BCUT2D eigenvalue weighted by Crippen LogP contribution is 2.21. The lowest BCUT2D eigenvalue weighted by Gasteiger charge is -2.18. The van der Waals surface area contributed by atoms with E-state index in [1.54, 1.807) is 24.3 Å². The lowest BCUT2D eigenvalue weighted by molar-refractivity contribution is 0.0697. The van der Waals surface area contributed by atoms with Gasteiger partial charge in [0.2, 0.25) is 0 Å². The number of ether oxygens (including phenoxy) is 1. The molecule has 0 radical (unpaired) electrons. The molecule has 5 nitrogen and oxygen atoms in total. The molecule has 0 saturated carbocycles. The molecule has 5 heteroatoms. The lowest BCUT2D eigenvalue weighted by atomic mass is 9.97. The Labute approximate surface area is 162 Å². The maximum Gasteiger partial charge on any atom is 0.337 e. The van der Waals surface area contributed by atoms with Gasteiger partial charge in [-0.15, -0.1) is 0 Å². The molecule has 0 spiro atoms. The van der Waals surface area contributed by atoms with Crippen LogP contribution in [0.4, 0.5) is 5.69 Å². The largest absolute Gasteiger partial charge is 0.498 e. The van der Waals surface area contributed by atoms with Crippen molar-refractivity contribution in [2.24, 2.45) is 5.92 Å². The molecule has 0 aliphatic carbocycles. The highest BCUT2D eigenvalue weighted by atomic mass is 16.5. The number of aromatic carboxylic acids is 1. The van der Waals surface area contributed by atoms with Gasteiger partial charge in [0, 0.05) is 0 Å². The Balaban J connectivity index is 2.55. The zero-order valence-electron chi connectivity index (χ0n) is 16.4. The van der Waals surface area contributed by atoms with Crippen molar-refractivity contribution in [2.45, 2.75) is 46.3 Å². The molecule has 1 aromatic carbocycles. The van der Waals surface area contributed by atoms with Crippen LogP contribution in [0.1, 0.15) is 50.4 Å². The van der Waals surface area contributed by atoms with Crippen LogP contribution in [0.3, 0.4) is 0 Å². The van der Waals surface area contributed by atoms with Gasteiger partial charge in [-0.3, -0.25) is 0 Å². The van der Waals surface area contributed by atoms with E-state index in [2.05, 4.69) is 25.7 Å². The van der Waals surface area contributed by atoms with Crippen molar-refractivity contribution >= 4 is 11.7 Å². The second kappa shape index (κ2) is 12.0. The predicted octanol–water partition coefficient (Wildman–Crippen LogP) is 4.97. The quantitative estimate of drug-likeness (QED) is 0.209. The minimum Gasteiger partial charge on any atom is -0.498 e. The van der Waals surface area contributed by atoms with Crippen molar-refractivity contribution in [1.82, 2.24) is 0 Å². The Hall–Kier alpha value is -2.53. The summed E-state index contributed by atoms with van der Waals surface area (Å²) >= 11 is 0. The molecule has 2 atom stereocenters. The minimum atomic E-state index is -1.03. The van der Waals surface area contributed by atoms with Crippen LogP contribution in [0.25, 0.3) is 0 Å². The number of allylic oxidation sites excluding steroid dienone is 5. The summed E-state index contributed by atoms with van der Waals surface area (Å²) in [6.07, 6.45) is 6.93. The summed E-state index contributed by atoms with van der Waals surface area (Å²) in [5.41, 5.74) is 1.69. The zero-order valence-corrected chi connectivity index (χ0v) is 16.4. The second-order valence-corrected chi connectivity index (χ2v) is 6.42. The standard InChI is InChI=1S/C22H31NO4/c1-5-7-11-18(16(3)6-2)17(4)27-15-10-14-21(24)23-20-13-9-8-12-19(20)22(25)26/h5,7-9,11-13,16,21,23-24H,1,6,10,14-15H2,2-4H3,(H,25,26)/b11-7-,18-17-. The van der Waals surface area contributed by atoms with Crippen molar-refractivity contribution in [3.8, 4) is 0 Å². The van der Waals surface area contributed by atoms with Gasteiger partial charge in [-0.25, -0.2) is 4.79 Å². The first-order chi connectivity index (χ1) is 12.9. The SMILES string of the molecule is C=C/C=C\C(=C(/C)OCCCC(O)Nc1ccccc1C(=O)O)C(C)CC. The highest BCUT2D eigenvalue weighted by Gasteiger charge is 2.12. The van der Waals surface area contributed by atoms with Gasteiger partial charge in [0.15, 0.2) is 0 Å². The number of benzene rings is 1. The number of aliphatic hydroxyl groups excluding tert-OH is 1. The first-order valence-corrected chi connectivity index (χ1v) is 9.30. The molecule has 1 rings (SSSR count). The third-order valence-corrected chi connectivity index (χ3v) is 4.38. The first-order valence-electron chi connectivity index (χ1n) is 9.30. The number of carboxylic acid groups (broad SMARTS) is 1. The highest BCUT2D eigenvalue weighted by molar-refractivity contribution is 5.94. The molecular formula is C22H31NO4. The second-order valence-electron chi connectivity index (χ2n) is 6.42. The van der Waals surface area contributed by atoms with Crippen LogP contribution < -0.4 is 5.32 Å². The number of hydrogen-bond donors (Lipinski definition) is 3. The molecule has 0 saturated heterocycles. The summed E-state index contributed by atoms with van der Waals surface area (Å²) in [7, 11) is 0. The molecule has 0 heterocycles. The number of hydrogen-bond acceptors (Lipinski definition) is 4. The third kappa shape index (κ3) is 7.71. The molecule has 0 aliphatic heterocycles. The van der Waals surface area contributed by atoms with Crippen LogP contribution >= 0.6 is 0 Å². The van der Waals surface area contributed by atoms with Gasteiger partial charge >= 0.3 is 5.97 Å². The molecule has 148 valence electrons. The van der Waals surface area contributed by atoms with Gasteiger partial charge in [-0.2, -0.15) is 0 Å². The Morgan fingerprint density at radius 2 is 2.07 bits per heavy atom. The van der Waals surface area contributed by atoms with Crippen molar-refractivity contribution < 1.29 is 19.7 Å². The van der Waals surface area contributed by atoms with Crippen molar-refractivity contribution in [3.63, 3.8) is 0 Å². The maximum absolute atomic E-state index is 11.2. The smallest absolute Gasteiger partial charge is 0.337 e. The number of carboxylic acids is 1. The molecule has 3 N–H and O–H groups in total. The normalized spacial score (nSPS) is 14.4. The van der Waals surface area contributed by atoms with Crippen LogP contribution in [0.15, 0.2) is 60.4 Å². The van der Waals surface area contributed by atoms with Gasteiger partial charge in [-0.05, 0) is 49.8 Å². The molecule has 0 aromatic heterocycles. The summed E-state index contributed by atoms with van der Waals surface area (Å²) in [6.45, 7) is 10.4. The number of aliphatic hydroxyl groups is 1. The lowest BCUT2D eigenvalue weighted by Crippen LogP contribution is -2.20. The summed E-state index contributed by atoms with van der Waals surface area (Å²) in [4.78, 5) is 11.2. The molecule has 0 aliphatic rings. The fourth-order valence-corrected chi connectivity index (χ4v) is 2.65. The monoisotopic (exact) mass is 373 g/mol. The molecule has 0 fully saturated rings. The molecule has 0 bridgehead atoms. The van der Waals surface area contributed by atoms with E-state index in [9.17, 15) is 15.0 Å². The summed E-state index contributed by atoms with van der Waals surface area (Å²) in [5, 5.41) is 22.1. The van der Waals surface area contributed by atoms with E-state index in [4.69, 9.17) is 4.74 Å². The van der Waals surface area contributed by atoms with Crippen LogP contribution in [-0.2, 0) is 4.74 Å². The van der Waals surface area contributed by atoms with Crippen LogP contribution in [-0.4, -0.2) is 29.0 Å². The Morgan fingerprint density at radius 3 is 2.70 bits per heavy atom. The number of anilines is 1. The van der Waals surface area contributed by atoms with Gasteiger partial charge in [0.05, 0.1) is 23.6 Å². The first kappa shape index (κ1) is 22.5. The fourth-order valence-electron chi connectivity index (χ4n) is 2.65. The minimum absolute atomic E-state index is 0.138. The van der Waals surface area contributed by atoms with E-state index in [0.717, 1.165) is 17.8 Å². The van der Waals surface area contributed by atoms with Gasteiger partial charge in [0.25, 0.3) is 0 Å². The van der Waals surface area contributed by atoms with Gasteiger partial charge in [-0.1, -0.05) is 50.8 Å². The van der Waals surface area contributed by atoms with Gasteiger partial charge in [0.1, 0.15) is 6.23 Å². The average molecular weight is 373 g/mol. The Kier molecular flexibility index (Phi) is 9.98. The van der Waals surface area contributed by atoms with E-state index in [0.29, 0.717) is 31.1 Å². The molecule has 1 aromatic rings. The summed E-state index contributed by atoms with van der Waals surface area (Å²) in [6, 6.07) is 6.52. The number of carbonyl (C=O) groups is 1. The molecule has 0 amide bonds. The average Bonchev–Trinajstić information content (AvgIpc) is 2.65. The van der Waals surface area contributed by atoms with E-state index in [1.807, 2.05) is 19.1 Å². The Bertz CT molecular complexity index is 679. The maximum atomic E-state index is 11.2. The van der Waals surface area contributed by atoms with Crippen molar-refractivity contribution in [3.05, 3.63) is 66.0 Å². The van der Waals surface area contributed by atoms with Crippen LogP contribution in [0.5, 0.6) is 0 Å². The molecular weight excluding hydrogens is 342 g/mol. The van der Waals surface area contributed by atoms with Gasteiger partial charge < -0.3 is 20.3 Å². The van der Waals surface area contributed by atoms with E-state index in [-0.39, 0.29) is 5.56 Å². The zero-order chi connectivity index (χ0) is 20.2. The number of para-hydroxylation sites is 1. The summed E-state index contributed by atoms with van der Waals surface area (Å²) in [5.74, 6) is 0.238. The van der Waals surface area contributed by atoms with E-state index < -0.39 is 12.2 Å². The summed E-state index contributed by atoms with van der Waals surface area (Å²) < 4.78 is 5.85. The topological polar surface area (TPSA) is 78.8 Å². The van der Waals surface area contributed by atoms with Crippen LogP contribution in [0, 0.1) is 5.92 Å². The van der Waals surface area contributed by atoms with E-state index >= 15 is 0 Å². The predicted molar refractivity (Wildman–Crippen MR) is 110 cm³/mol. The third-order valence-electron chi connectivity index (χ3n) is 4.38. The fraction of sp³-hybridized carbons (Fsp3) is 0.409.